The summed E-state index contributed by atoms with van der Waals surface area (Å²) in [5, 5.41) is 18.0. The summed E-state index contributed by atoms with van der Waals surface area (Å²) in [6.07, 6.45) is 0.893. The number of rotatable bonds is 2. The predicted molar refractivity (Wildman–Crippen MR) is 43.9 cm³/mol. The molecule has 2 N–H and O–H groups in total. The summed E-state index contributed by atoms with van der Waals surface area (Å²) in [5.74, 6) is 0.0265. The number of likely N-dealkylation sites (tertiary alicyclic amines) is 1. The molecule has 0 radical (unpaired) electrons. The highest BCUT2D eigenvalue weighted by Gasteiger charge is 2.32. The Morgan fingerprint density at radius 3 is 2.75 bits per heavy atom. The van der Waals surface area contributed by atoms with E-state index in [1.807, 2.05) is 0 Å². The number of aliphatic hydroxyl groups excluding tert-OH is 1. The van der Waals surface area contributed by atoms with Crippen LogP contribution in [0, 0.1) is 5.92 Å². The predicted octanol–water partition coefficient (Wildman–Crippen LogP) is 0.533. The maximum absolute atomic E-state index is 10.5. The molecule has 1 aliphatic heterocycles. The van der Waals surface area contributed by atoms with Gasteiger partial charge in [-0.1, -0.05) is 6.08 Å². The fourth-order valence-corrected chi connectivity index (χ4v) is 1.46. The summed E-state index contributed by atoms with van der Waals surface area (Å²) >= 11 is 0. The summed E-state index contributed by atoms with van der Waals surface area (Å²) < 4.78 is 0. The molecule has 1 amide bonds. The lowest BCUT2D eigenvalue weighted by atomic mass is 10.0. The molecular weight excluding hydrogens is 158 g/mol. The van der Waals surface area contributed by atoms with Gasteiger partial charge in [0, 0.05) is 12.5 Å². The van der Waals surface area contributed by atoms with E-state index in [1.54, 1.807) is 6.08 Å². The molecule has 0 aromatic rings. The quantitative estimate of drug-likeness (QED) is 0.596. The Balaban J connectivity index is 2.49. The lowest BCUT2D eigenvalue weighted by molar-refractivity contribution is 0.132. The van der Waals surface area contributed by atoms with Gasteiger partial charge in [0.2, 0.25) is 0 Å². The van der Waals surface area contributed by atoms with Crippen LogP contribution < -0.4 is 0 Å². The lowest BCUT2D eigenvalue weighted by Gasteiger charge is -2.09. The third-order valence-corrected chi connectivity index (χ3v) is 2.15. The van der Waals surface area contributed by atoms with Crippen molar-refractivity contribution in [2.24, 2.45) is 5.92 Å². The zero-order chi connectivity index (χ0) is 9.14. The van der Waals surface area contributed by atoms with Gasteiger partial charge in [-0.05, 0) is 6.42 Å². The molecule has 0 aromatic heterocycles. The molecule has 12 heavy (non-hydrogen) atoms. The van der Waals surface area contributed by atoms with Crippen LogP contribution in [0.1, 0.15) is 6.42 Å². The molecule has 4 nitrogen and oxygen atoms in total. The Morgan fingerprint density at radius 1 is 1.67 bits per heavy atom. The van der Waals surface area contributed by atoms with E-state index in [1.165, 1.54) is 4.90 Å². The topological polar surface area (TPSA) is 60.8 Å². The number of carboxylic acid groups (broad SMARTS) is 1. The zero-order valence-electron chi connectivity index (χ0n) is 6.81. The molecular formula is C8H13NO3. The fourth-order valence-electron chi connectivity index (χ4n) is 1.46. The molecule has 0 saturated carbocycles. The lowest BCUT2D eigenvalue weighted by Crippen LogP contribution is -2.27. The number of β-amino-alcohol motifs (C(OH)–C–C–N with tert-alkyl or cyclic N) is 1. The molecule has 1 heterocycles. The minimum atomic E-state index is -0.958. The van der Waals surface area contributed by atoms with Gasteiger partial charge in [-0.15, -0.1) is 6.58 Å². The molecule has 0 bridgehead atoms. The highest BCUT2D eigenvalue weighted by atomic mass is 16.4. The van der Waals surface area contributed by atoms with Gasteiger partial charge in [-0.25, -0.2) is 4.79 Å². The van der Waals surface area contributed by atoms with Gasteiger partial charge in [0.15, 0.2) is 0 Å². The largest absolute Gasteiger partial charge is 0.465 e. The average molecular weight is 171 g/mol. The average Bonchev–Trinajstić information content (AvgIpc) is 2.34. The van der Waals surface area contributed by atoms with Crippen LogP contribution in [0.15, 0.2) is 12.7 Å². The van der Waals surface area contributed by atoms with E-state index in [0.29, 0.717) is 13.0 Å². The summed E-state index contributed by atoms with van der Waals surface area (Å²) in [4.78, 5) is 11.7. The number of carbonyl (C=O) groups is 1. The van der Waals surface area contributed by atoms with E-state index in [4.69, 9.17) is 5.11 Å². The van der Waals surface area contributed by atoms with Crippen LogP contribution >= 0.6 is 0 Å². The van der Waals surface area contributed by atoms with Crippen molar-refractivity contribution in [3.63, 3.8) is 0 Å². The monoisotopic (exact) mass is 171 g/mol. The van der Waals surface area contributed by atoms with E-state index in [0.717, 1.165) is 0 Å². The highest BCUT2D eigenvalue weighted by molar-refractivity contribution is 5.65. The third-order valence-electron chi connectivity index (χ3n) is 2.15. The van der Waals surface area contributed by atoms with Gasteiger partial charge in [0.1, 0.15) is 0 Å². The minimum Gasteiger partial charge on any atom is -0.465 e. The summed E-state index contributed by atoms with van der Waals surface area (Å²) in [7, 11) is 0. The molecule has 1 saturated heterocycles. The molecule has 68 valence electrons. The van der Waals surface area contributed by atoms with Crippen LogP contribution in [0.25, 0.3) is 0 Å². The Bertz CT molecular complexity index is 193. The van der Waals surface area contributed by atoms with Crippen LogP contribution in [-0.2, 0) is 0 Å². The van der Waals surface area contributed by atoms with Crippen molar-refractivity contribution in [2.75, 3.05) is 13.1 Å². The van der Waals surface area contributed by atoms with E-state index in [-0.39, 0.29) is 12.5 Å². The van der Waals surface area contributed by atoms with Crippen LogP contribution in [0.3, 0.4) is 0 Å². The van der Waals surface area contributed by atoms with Crippen molar-refractivity contribution in [1.29, 1.82) is 0 Å². The van der Waals surface area contributed by atoms with Crippen LogP contribution in [0.5, 0.6) is 0 Å². The molecule has 0 spiro atoms. The standard InChI is InChI=1S/C8H13NO3/c1-2-3-6-4-9(8(11)12)5-7(6)10/h2,6-7,10H,1,3-5H2,(H,11,12). The SMILES string of the molecule is C=CCC1CN(C(=O)O)CC1O. The van der Waals surface area contributed by atoms with Crippen molar-refractivity contribution in [1.82, 2.24) is 4.90 Å². The zero-order valence-corrected chi connectivity index (χ0v) is 6.81. The molecule has 1 fully saturated rings. The van der Waals surface area contributed by atoms with Gasteiger partial charge in [0.25, 0.3) is 0 Å². The molecule has 4 heteroatoms. The molecule has 2 unspecified atom stereocenters. The first-order valence-electron chi connectivity index (χ1n) is 3.92. The third kappa shape index (κ3) is 1.76. The van der Waals surface area contributed by atoms with E-state index < -0.39 is 12.2 Å². The van der Waals surface area contributed by atoms with Gasteiger partial charge in [-0.3, -0.25) is 0 Å². The van der Waals surface area contributed by atoms with E-state index >= 15 is 0 Å². The Morgan fingerprint density at radius 2 is 2.33 bits per heavy atom. The molecule has 1 aliphatic rings. The van der Waals surface area contributed by atoms with E-state index in [9.17, 15) is 9.90 Å². The Hall–Kier alpha value is -1.03. The normalized spacial score (nSPS) is 28.9. The summed E-state index contributed by atoms with van der Waals surface area (Å²) in [6.45, 7) is 4.20. The Kier molecular flexibility index (Phi) is 2.70. The van der Waals surface area contributed by atoms with Gasteiger partial charge in [-0.2, -0.15) is 0 Å². The highest BCUT2D eigenvalue weighted by Crippen LogP contribution is 2.20. The number of nitrogens with zero attached hydrogens (tertiary/aromatic N) is 1. The number of hydrogen-bond donors (Lipinski definition) is 2. The molecule has 0 aliphatic carbocycles. The smallest absolute Gasteiger partial charge is 0.407 e. The van der Waals surface area contributed by atoms with E-state index in [2.05, 4.69) is 6.58 Å². The first-order valence-corrected chi connectivity index (χ1v) is 3.92. The van der Waals surface area contributed by atoms with Crippen LogP contribution in [0.2, 0.25) is 0 Å². The molecule has 2 atom stereocenters. The van der Waals surface area contributed by atoms with Crippen LogP contribution in [-0.4, -0.2) is 40.4 Å². The Labute approximate surface area is 71.1 Å². The van der Waals surface area contributed by atoms with Crippen molar-refractivity contribution in [2.45, 2.75) is 12.5 Å². The number of allylic oxidation sites excluding steroid dienone is 1. The number of aliphatic hydroxyl groups is 1. The maximum atomic E-state index is 10.5. The van der Waals surface area contributed by atoms with Gasteiger partial charge < -0.3 is 15.1 Å². The van der Waals surface area contributed by atoms with Crippen molar-refractivity contribution in [3.05, 3.63) is 12.7 Å². The molecule has 1 rings (SSSR count). The van der Waals surface area contributed by atoms with Crippen molar-refractivity contribution < 1.29 is 15.0 Å². The first kappa shape index (κ1) is 9.06. The van der Waals surface area contributed by atoms with Crippen molar-refractivity contribution in [3.8, 4) is 0 Å². The second-order valence-electron chi connectivity index (χ2n) is 3.04. The second kappa shape index (κ2) is 3.58. The number of amides is 1. The molecule has 0 aromatic carbocycles. The first-order chi connectivity index (χ1) is 5.65. The van der Waals surface area contributed by atoms with Crippen molar-refractivity contribution >= 4 is 6.09 Å². The van der Waals surface area contributed by atoms with Gasteiger partial charge in [0.05, 0.1) is 12.6 Å². The summed E-state index contributed by atoms with van der Waals surface area (Å²) in [6, 6.07) is 0. The summed E-state index contributed by atoms with van der Waals surface area (Å²) in [5.41, 5.74) is 0. The van der Waals surface area contributed by atoms with Gasteiger partial charge >= 0.3 is 6.09 Å². The second-order valence-corrected chi connectivity index (χ2v) is 3.04. The number of hydrogen-bond acceptors (Lipinski definition) is 2. The van der Waals surface area contributed by atoms with Crippen LogP contribution in [0.4, 0.5) is 4.79 Å². The fraction of sp³-hybridized carbons (Fsp3) is 0.625. The maximum Gasteiger partial charge on any atom is 0.407 e. The minimum absolute atomic E-state index is 0.0265.